The second-order valence-corrected chi connectivity index (χ2v) is 4.01. The number of rotatable bonds is 6. The fourth-order valence-corrected chi connectivity index (χ4v) is 1.51. The number of ether oxygens (including phenoxy) is 1. The molecule has 1 aromatic heterocycles. The second kappa shape index (κ2) is 6.16. The van der Waals surface area contributed by atoms with Crippen molar-refractivity contribution in [1.29, 1.82) is 0 Å². The number of nitrogens with one attached hydrogen (secondary N) is 1. The third-order valence-electron chi connectivity index (χ3n) is 2.62. The number of nitrogens with zero attached hydrogens (tertiary/aromatic N) is 2. The summed E-state index contributed by atoms with van der Waals surface area (Å²) in [6.45, 7) is 6.15. The molecule has 0 unspecified atom stereocenters. The molecule has 0 spiro atoms. The van der Waals surface area contributed by atoms with E-state index < -0.39 is 0 Å². The van der Waals surface area contributed by atoms with Crippen molar-refractivity contribution < 1.29 is 9.37 Å². The van der Waals surface area contributed by atoms with E-state index in [2.05, 4.69) is 27.2 Å². The Hall–Kier alpha value is -1.88. The van der Waals surface area contributed by atoms with Crippen molar-refractivity contribution in [3.8, 4) is 5.75 Å². The van der Waals surface area contributed by atoms with Gasteiger partial charge in [0.1, 0.15) is 23.7 Å². The number of hydrogen-bond donors (Lipinski definition) is 1. The van der Waals surface area contributed by atoms with Crippen molar-refractivity contribution >= 4 is 0 Å². The number of hydrogen-bond acceptors (Lipinski definition) is 5. The first-order valence-electron chi connectivity index (χ1n) is 6.00. The Morgan fingerprint density at radius 3 is 2.61 bits per heavy atom. The van der Waals surface area contributed by atoms with Crippen LogP contribution in [0.2, 0.25) is 0 Å². The summed E-state index contributed by atoms with van der Waals surface area (Å²) in [6, 6.07) is 8.00. The molecule has 0 saturated heterocycles. The molecule has 0 aliphatic carbocycles. The van der Waals surface area contributed by atoms with Crippen LogP contribution in [0.15, 0.2) is 28.9 Å². The summed E-state index contributed by atoms with van der Waals surface area (Å²) >= 11 is 0. The second-order valence-electron chi connectivity index (χ2n) is 4.01. The van der Waals surface area contributed by atoms with E-state index in [0.717, 1.165) is 30.2 Å². The van der Waals surface area contributed by atoms with Gasteiger partial charge < -0.3 is 10.1 Å². The molecule has 1 N–H and O–H groups in total. The lowest BCUT2D eigenvalue weighted by molar-refractivity contribution is 0.270. The van der Waals surface area contributed by atoms with Gasteiger partial charge in [0.05, 0.1) is 0 Å². The van der Waals surface area contributed by atoms with Crippen LogP contribution in [-0.4, -0.2) is 16.9 Å². The molecule has 0 atom stereocenters. The molecule has 1 heterocycles. The molecule has 0 fully saturated rings. The first-order valence-corrected chi connectivity index (χ1v) is 6.00. The highest BCUT2D eigenvalue weighted by Gasteiger charge is 2.05. The largest absolute Gasteiger partial charge is 0.487 e. The quantitative estimate of drug-likeness (QED) is 0.846. The molecule has 5 heteroatoms. The Labute approximate surface area is 106 Å². The third kappa shape index (κ3) is 3.30. The Morgan fingerprint density at radius 1 is 1.22 bits per heavy atom. The number of benzene rings is 1. The zero-order valence-corrected chi connectivity index (χ0v) is 10.6. The fraction of sp³-hybridized carbons (Fsp3) is 0.385. The van der Waals surface area contributed by atoms with Gasteiger partial charge in [-0.05, 0) is 31.2 Å². The summed E-state index contributed by atoms with van der Waals surface area (Å²) in [7, 11) is 0. The van der Waals surface area contributed by atoms with E-state index in [1.165, 1.54) is 5.56 Å². The molecule has 0 amide bonds. The van der Waals surface area contributed by atoms with Crippen LogP contribution in [0, 0.1) is 6.92 Å². The monoisotopic (exact) mass is 247 g/mol. The molecule has 0 aliphatic heterocycles. The van der Waals surface area contributed by atoms with Gasteiger partial charge in [-0.25, -0.2) is 4.63 Å². The Bertz CT molecular complexity index is 479. The van der Waals surface area contributed by atoms with E-state index in [0.29, 0.717) is 6.61 Å². The highest BCUT2D eigenvalue weighted by Crippen LogP contribution is 2.14. The van der Waals surface area contributed by atoms with Gasteiger partial charge in [0, 0.05) is 6.54 Å². The molecule has 0 radical (unpaired) electrons. The molecule has 96 valence electrons. The molecule has 5 nitrogen and oxygen atoms in total. The summed E-state index contributed by atoms with van der Waals surface area (Å²) in [5.74, 6) is 0.817. The lowest BCUT2D eigenvalue weighted by Crippen LogP contribution is -2.11. The van der Waals surface area contributed by atoms with Crippen LogP contribution in [0.5, 0.6) is 5.75 Å². The summed E-state index contributed by atoms with van der Waals surface area (Å²) in [5, 5.41) is 10.7. The smallest absolute Gasteiger partial charge is 0.145 e. The number of aromatic nitrogens is 2. The van der Waals surface area contributed by atoms with Crippen LogP contribution < -0.4 is 10.1 Å². The minimum absolute atomic E-state index is 0.377. The van der Waals surface area contributed by atoms with Crippen LogP contribution >= 0.6 is 0 Å². The van der Waals surface area contributed by atoms with Gasteiger partial charge in [0.25, 0.3) is 0 Å². The topological polar surface area (TPSA) is 60.2 Å². The van der Waals surface area contributed by atoms with Crippen molar-refractivity contribution in [3.05, 3.63) is 41.2 Å². The average molecular weight is 247 g/mol. The Morgan fingerprint density at radius 2 is 2.00 bits per heavy atom. The van der Waals surface area contributed by atoms with Gasteiger partial charge in [-0.3, -0.25) is 0 Å². The molecule has 1 aromatic carbocycles. The highest BCUT2D eigenvalue weighted by atomic mass is 16.6. The molecular weight excluding hydrogens is 230 g/mol. The van der Waals surface area contributed by atoms with Crippen LogP contribution in [0.3, 0.4) is 0 Å². The lowest BCUT2D eigenvalue weighted by Gasteiger charge is -2.06. The van der Waals surface area contributed by atoms with Crippen LogP contribution in [-0.2, 0) is 13.2 Å². The maximum atomic E-state index is 5.61. The van der Waals surface area contributed by atoms with E-state index in [1.54, 1.807) is 0 Å². The summed E-state index contributed by atoms with van der Waals surface area (Å²) in [6.07, 6.45) is 0. The lowest BCUT2D eigenvalue weighted by atomic mass is 10.2. The highest BCUT2D eigenvalue weighted by molar-refractivity contribution is 5.27. The average Bonchev–Trinajstić information content (AvgIpc) is 2.81. The zero-order chi connectivity index (χ0) is 12.8. The molecule has 2 rings (SSSR count). The van der Waals surface area contributed by atoms with E-state index in [4.69, 9.17) is 4.74 Å². The van der Waals surface area contributed by atoms with Crippen LogP contribution in [0.4, 0.5) is 0 Å². The van der Waals surface area contributed by atoms with E-state index in [-0.39, 0.29) is 0 Å². The SMILES string of the molecule is CCNCc1ccc(OCc2nonc2C)cc1. The van der Waals surface area contributed by atoms with Gasteiger partial charge in [0.15, 0.2) is 0 Å². The predicted molar refractivity (Wildman–Crippen MR) is 67.2 cm³/mol. The fourth-order valence-electron chi connectivity index (χ4n) is 1.51. The summed E-state index contributed by atoms with van der Waals surface area (Å²) in [5.41, 5.74) is 2.73. The molecule has 0 bridgehead atoms. The number of aryl methyl sites for hydroxylation is 1. The first kappa shape index (κ1) is 12.6. The summed E-state index contributed by atoms with van der Waals surface area (Å²) in [4.78, 5) is 0. The van der Waals surface area contributed by atoms with Crippen molar-refractivity contribution in [3.63, 3.8) is 0 Å². The van der Waals surface area contributed by atoms with Crippen molar-refractivity contribution in [1.82, 2.24) is 15.6 Å². The normalized spacial score (nSPS) is 10.6. The minimum atomic E-state index is 0.377. The standard InChI is InChI=1S/C13H17N3O2/c1-3-14-8-11-4-6-12(7-5-11)17-9-13-10(2)15-18-16-13/h4-7,14H,3,8-9H2,1-2H3. The van der Waals surface area contributed by atoms with E-state index in [9.17, 15) is 0 Å². The maximum absolute atomic E-state index is 5.61. The molecule has 0 aliphatic rings. The molecule has 0 saturated carbocycles. The van der Waals surface area contributed by atoms with Gasteiger partial charge >= 0.3 is 0 Å². The maximum Gasteiger partial charge on any atom is 0.145 e. The first-order chi connectivity index (χ1) is 8.79. The molecular formula is C13H17N3O2. The van der Waals surface area contributed by atoms with Crippen molar-refractivity contribution in [2.45, 2.75) is 27.0 Å². The van der Waals surface area contributed by atoms with E-state index in [1.807, 2.05) is 31.2 Å². The van der Waals surface area contributed by atoms with Crippen LogP contribution in [0.25, 0.3) is 0 Å². The molecule has 2 aromatic rings. The van der Waals surface area contributed by atoms with Crippen LogP contribution in [0.1, 0.15) is 23.9 Å². The Balaban J connectivity index is 1.88. The van der Waals surface area contributed by atoms with Gasteiger partial charge in [-0.1, -0.05) is 29.4 Å². The summed E-state index contributed by atoms with van der Waals surface area (Å²) < 4.78 is 10.2. The predicted octanol–water partition coefficient (Wildman–Crippen LogP) is 2.07. The zero-order valence-electron chi connectivity index (χ0n) is 10.6. The van der Waals surface area contributed by atoms with Crippen molar-refractivity contribution in [2.24, 2.45) is 0 Å². The third-order valence-corrected chi connectivity index (χ3v) is 2.62. The van der Waals surface area contributed by atoms with Gasteiger partial charge in [0.2, 0.25) is 0 Å². The van der Waals surface area contributed by atoms with Crippen molar-refractivity contribution in [2.75, 3.05) is 6.54 Å². The van der Waals surface area contributed by atoms with Gasteiger partial charge in [-0.2, -0.15) is 0 Å². The molecule has 18 heavy (non-hydrogen) atoms. The van der Waals surface area contributed by atoms with Gasteiger partial charge in [-0.15, -0.1) is 0 Å². The van der Waals surface area contributed by atoms with E-state index >= 15 is 0 Å². The minimum Gasteiger partial charge on any atom is -0.487 e. The Kier molecular flexibility index (Phi) is 4.30.